The van der Waals surface area contributed by atoms with Crippen LogP contribution in [0.25, 0.3) is 0 Å². The number of hydrogen-bond acceptors (Lipinski definition) is 3. The second-order valence-corrected chi connectivity index (χ2v) is 9.29. The molecule has 5 nitrogen and oxygen atoms in total. The maximum Gasteiger partial charge on any atom is 0.255 e. The van der Waals surface area contributed by atoms with Crippen LogP contribution in [0, 0.1) is 0 Å². The second kappa shape index (κ2) is 10.5. The first-order valence-electron chi connectivity index (χ1n) is 10.4. The Morgan fingerprint density at radius 1 is 0.906 bits per heavy atom. The Balaban J connectivity index is 1.66. The van der Waals surface area contributed by atoms with Gasteiger partial charge in [0, 0.05) is 17.5 Å². The molecule has 0 saturated heterocycles. The molecule has 0 bridgehead atoms. The van der Waals surface area contributed by atoms with Crippen molar-refractivity contribution in [3.63, 3.8) is 0 Å². The van der Waals surface area contributed by atoms with E-state index in [1.165, 1.54) is 5.56 Å². The van der Waals surface area contributed by atoms with Crippen LogP contribution in [0.2, 0.25) is 0 Å². The van der Waals surface area contributed by atoms with Crippen molar-refractivity contribution in [2.75, 3.05) is 11.9 Å². The molecule has 32 heavy (non-hydrogen) atoms. The van der Waals surface area contributed by atoms with Gasteiger partial charge in [-0.1, -0.05) is 42.5 Å². The van der Waals surface area contributed by atoms with Crippen molar-refractivity contribution in [3.8, 4) is 5.75 Å². The van der Waals surface area contributed by atoms with E-state index < -0.39 is 0 Å². The van der Waals surface area contributed by atoms with Crippen LogP contribution in [0.1, 0.15) is 47.1 Å². The number of para-hydroxylation sites is 1. The summed E-state index contributed by atoms with van der Waals surface area (Å²) >= 11 is 3.49. The number of halogens is 1. The van der Waals surface area contributed by atoms with Gasteiger partial charge in [0.05, 0.1) is 22.3 Å². The van der Waals surface area contributed by atoms with Crippen LogP contribution in [-0.2, 0) is 6.42 Å². The normalized spacial score (nSPS) is 11.0. The molecule has 3 rings (SSSR count). The Labute approximate surface area is 197 Å². The van der Waals surface area contributed by atoms with Gasteiger partial charge in [-0.05, 0) is 72.6 Å². The van der Waals surface area contributed by atoms with Gasteiger partial charge in [0.2, 0.25) is 0 Å². The summed E-state index contributed by atoms with van der Waals surface area (Å²) in [6.07, 6.45) is 0.795. The van der Waals surface area contributed by atoms with Gasteiger partial charge in [-0.15, -0.1) is 0 Å². The SMILES string of the molecule is CC(C)(C)NC(=O)c1ccccc1NC(=O)c1ccc(OCCc2ccccc2)c(Br)c1. The summed E-state index contributed by atoms with van der Waals surface area (Å²) in [6, 6.07) is 22.3. The first-order valence-corrected chi connectivity index (χ1v) is 11.2. The number of amides is 2. The molecule has 2 N–H and O–H groups in total. The molecule has 0 spiro atoms. The molecule has 0 fully saturated rings. The lowest BCUT2D eigenvalue weighted by Crippen LogP contribution is -2.40. The molecule has 0 aromatic heterocycles. The highest BCUT2D eigenvalue weighted by Gasteiger charge is 2.19. The minimum atomic E-state index is -0.380. The number of carbonyl (C=O) groups is 2. The Morgan fingerprint density at radius 2 is 1.59 bits per heavy atom. The minimum Gasteiger partial charge on any atom is -0.492 e. The van der Waals surface area contributed by atoms with E-state index in [1.54, 1.807) is 42.5 Å². The number of hydrogen-bond donors (Lipinski definition) is 2. The molecule has 0 atom stereocenters. The zero-order chi connectivity index (χ0) is 23.1. The van der Waals surface area contributed by atoms with Gasteiger partial charge in [-0.2, -0.15) is 0 Å². The Bertz CT molecular complexity index is 1090. The maximum atomic E-state index is 12.8. The molecule has 0 aliphatic heterocycles. The molecule has 0 unspecified atom stereocenters. The molecule has 0 heterocycles. The van der Waals surface area contributed by atoms with Gasteiger partial charge in [0.15, 0.2) is 0 Å². The minimum absolute atomic E-state index is 0.239. The summed E-state index contributed by atoms with van der Waals surface area (Å²) in [7, 11) is 0. The molecular weight excluding hydrogens is 468 g/mol. The van der Waals surface area contributed by atoms with E-state index in [1.807, 2.05) is 39.0 Å². The predicted octanol–water partition coefficient (Wildman–Crippen LogP) is 5.85. The van der Waals surface area contributed by atoms with Gasteiger partial charge in [-0.3, -0.25) is 9.59 Å². The van der Waals surface area contributed by atoms with E-state index in [-0.39, 0.29) is 17.4 Å². The van der Waals surface area contributed by atoms with E-state index >= 15 is 0 Å². The summed E-state index contributed by atoms with van der Waals surface area (Å²) in [6.45, 7) is 6.26. The lowest BCUT2D eigenvalue weighted by Gasteiger charge is -2.21. The first-order chi connectivity index (χ1) is 15.2. The standard InChI is InChI=1S/C26H27BrN2O3/c1-26(2,3)29-25(31)20-11-7-8-12-22(20)28-24(30)19-13-14-23(21(27)17-19)32-16-15-18-9-5-4-6-10-18/h4-14,17H,15-16H2,1-3H3,(H,28,30)(H,29,31). The van der Waals surface area contributed by atoms with Gasteiger partial charge < -0.3 is 15.4 Å². The van der Waals surface area contributed by atoms with E-state index in [2.05, 4.69) is 38.7 Å². The van der Waals surface area contributed by atoms with Crippen LogP contribution in [0.5, 0.6) is 5.75 Å². The van der Waals surface area contributed by atoms with Crippen molar-refractivity contribution in [2.45, 2.75) is 32.7 Å². The average molecular weight is 495 g/mol. The van der Waals surface area contributed by atoms with Crippen molar-refractivity contribution >= 4 is 33.4 Å². The largest absolute Gasteiger partial charge is 0.492 e. The second-order valence-electron chi connectivity index (χ2n) is 8.43. The number of nitrogens with one attached hydrogen (secondary N) is 2. The lowest BCUT2D eigenvalue weighted by molar-refractivity contribution is 0.0920. The van der Waals surface area contributed by atoms with Crippen LogP contribution in [0.3, 0.4) is 0 Å². The summed E-state index contributed by atoms with van der Waals surface area (Å²) in [5, 5.41) is 5.77. The van der Waals surface area contributed by atoms with Crippen molar-refractivity contribution < 1.29 is 14.3 Å². The fourth-order valence-corrected chi connectivity index (χ4v) is 3.57. The molecule has 3 aromatic carbocycles. The molecule has 2 amide bonds. The molecule has 0 aliphatic carbocycles. The fourth-order valence-electron chi connectivity index (χ4n) is 3.08. The third-order valence-electron chi connectivity index (χ3n) is 4.59. The Morgan fingerprint density at radius 3 is 2.28 bits per heavy atom. The van der Waals surface area contributed by atoms with Gasteiger partial charge in [0.1, 0.15) is 5.75 Å². The van der Waals surface area contributed by atoms with Gasteiger partial charge in [-0.25, -0.2) is 0 Å². The average Bonchev–Trinajstić information content (AvgIpc) is 2.74. The van der Waals surface area contributed by atoms with Crippen LogP contribution >= 0.6 is 15.9 Å². The summed E-state index contributed by atoms with van der Waals surface area (Å²) in [5.74, 6) is 0.122. The number of anilines is 1. The van der Waals surface area contributed by atoms with Gasteiger partial charge >= 0.3 is 0 Å². The fraction of sp³-hybridized carbons (Fsp3) is 0.231. The predicted molar refractivity (Wildman–Crippen MR) is 131 cm³/mol. The monoisotopic (exact) mass is 494 g/mol. The van der Waals surface area contributed by atoms with Gasteiger partial charge in [0.25, 0.3) is 11.8 Å². The zero-order valence-corrected chi connectivity index (χ0v) is 20.0. The van der Waals surface area contributed by atoms with Crippen molar-refractivity contribution in [3.05, 3.63) is 94.0 Å². The van der Waals surface area contributed by atoms with Crippen molar-refractivity contribution in [1.82, 2.24) is 5.32 Å². The third-order valence-corrected chi connectivity index (χ3v) is 5.21. The highest BCUT2D eigenvalue weighted by molar-refractivity contribution is 9.10. The van der Waals surface area contributed by atoms with Crippen LogP contribution in [0.15, 0.2) is 77.3 Å². The molecule has 3 aromatic rings. The number of rotatable bonds is 7. The summed E-state index contributed by atoms with van der Waals surface area (Å²) in [4.78, 5) is 25.4. The smallest absolute Gasteiger partial charge is 0.255 e. The van der Waals surface area contributed by atoms with Crippen LogP contribution < -0.4 is 15.4 Å². The highest BCUT2D eigenvalue weighted by atomic mass is 79.9. The topological polar surface area (TPSA) is 67.4 Å². The molecule has 0 saturated carbocycles. The van der Waals surface area contributed by atoms with E-state index in [9.17, 15) is 9.59 Å². The molecule has 166 valence electrons. The molecular formula is C26H27BrN2O3. The zero-order valence-electron chi connectivity index (χ0n) is 18.4. The highest BCUT2D eigenvalue weighted by Crippen LogP contribution is 2.27. The summed E-state index contributed by atoms with van der Waals surface area (Å²) in [5.41, 5.74) is 2.15. The van der Waals surface area contributed by atoms with Crippen LogP contribution in [0.4, 0.5) is 5.69 Å². The summed E-state index contributed by atoms with van der Waals surface area (Å²) < 4.78 is 6.55. The molecule has 0 aliphatic rings. The van der Waals surface area contributed by atoms with Crippen LogP contribution in [-0.4, -0.2) is 24.0 Å². The van der Waals surface area contributed by atoms with E-state index in [0.717, 1.165) is 6.42 Å². The maximum absolute atomic E-state index is 12.8. The molecule has 0 radical (unpaired) electrons. The Hall–Kier alpha value is -3.12. The van der Waals surface area contributed by atoms with E-state index in [0.29, 0.717) is 33.6 Å². The molecule has 6 heteroatoms. The lowest BCUT2D eigenvalue weighted by atomic mass is 10.1. The Kier molecular flexibility index (Phi) is 7.70. The van der Waals surface area contributed by atoms with Crippen molar-refractivity contribution in [2.24, 2.45) is 0 Å². The number of carbonyl (C=O) groups excluding carboxylic acids is 2. The van der Waals surface area contributed by atoms with Crippen molar-refractivity contribution in [1.29, 1.82) is 0 Å². The van der Waals surface area contributed by atoms with E-state index in [4.69, 9.17) is 4.74 Å². The number of ether oxygens (including phenoxy) is 1. The quantitative estimate of drug-likeness (QED) is 0.432. The number of benzene rings is 3. The third kappa shape index (κ3) is 6.69. The first kappa shape index (κ1) is 23.5.